The number of rotatable bonds is 6. The third-order valence-corrected chi connectivity index (χ3v) is 4.20. The Hall–Kier alpha value is -2.49. The van der Waals surface area contributed by atoms with Crippen molar-refractivity contribution in [2.24, 2.45) is 0 Å². The van der Waals surface area contributed by atoms with Crippen molar-refractivity contribution in [3.8, 4) is 5.75 Å². The SMILES string of the molecule is O=C(OCc1ccc(Cl)cc1)c1ccc(OCc2ccc(Cl)cc2)cc1. The van der Waals surface area contributed by atoms with Gasteiger partial charge in [-0.25, -0.2) is 4.79 Å². The van der Waals surface area contributed by atoms with Crippen LogP contribution in [0.2, 0.25) is 10.0 Å². The van der Waals surface area contributed by atoms with Crippen molar-refractivity contribution >= 4 is 29.2 Å². The highest BCUT2D eigenvalue weighted by Gasteiger charge is 2.08. The molecular weight excluding hydrogens is 371 g/mol. The van der Waals surface area contributed by atoms with Crippen molar-refractivity contribution in [1.29, 1.82) is 0 Å². The number of halogens is 2. The topological polar surface area (TPSA) is 35.5 Å². The Bertz CT molecular complexity index is 857. The van der Waals surface area contributed by atoms with Gasteiger partial charge in [-0.3, -0.25) is 0 Å². The zero-order chi connectivity index (χ0) is 18.4. The van der Waals surface area contributed by atoms with Gasteiger partial charge in [0.1, 0.15) is 19.0 Å². The van der Waals surface area contributed by atoms with E-state index in [0.717, 1.165) is 11.1 Å². The largest absolute Gasteiger partial charge is 0.489 e. The van der Waals surface area contributed by atoms with Crippen LogP contribution >= 0.6 is 23.2 Å². The van der Waals surface area contributed by atoms with Crippen LogP contribution in [-0.2, 0) is 18.0 Å². The molecule has 3 aromatic rings. The van der Waals surface area contributed by atoms with Gasteiger partial charge >= 0.3 is 5.97 Å². The van der Waals surface area contributed by atoms with Crippen molar-refractivity contribution in [2.75, 3.05) is 0 Å². The fourth-order valence-electron chi connectivity index (χ4n) is 2.25. The predicted molar refractivity (Wildman–Crippen MR) is 103 cm³/mol. The van der Waals surface area contributed by atoms with E-state index < -0.39 is 0 Å². The van der Waals surface area contributed by atoms with Crippen LogP contribution < -0.4 is 4.74 Å². The zero-order valence-corrected chi connectivity index (χ0v) is 15.3. The second-order valence-electron chi connectivity index (χ2n) is 5.64. The lowest BCUT2D eigenvalue weighted by molar-refractivity contribution is 0.0472. The molecule has 132 valence electrons. The first-order valence-corrected chi connectivity index (χ1v) is 8.74. The van der Waals surface area contributed by atoms with Crippen LogP contribution in [0.3, 0.4) is 0 Å². The molecule has 0 saturated heterocycles. The molecule has 0 aliphatic heterocycles. The van der Waals surface area contributed by atoms with E-state index in [0.29, 0.717) is 28.0 Å². The lowest BCUT2D eigenvalue weighted by atomic mass is 10.2. The van der Waals surface area contributed by atoms with Crippen molar-refractivity contribution in [2.45, 2.75) is 13.2 Å². The van der Waals surface area contributed by atoms with Gasteiger partial charge in [-0.2, -0.15) is 0 Å². The molecule has 0 fully saturated rings. The van der Waals surface area contributed by atoms with Gasteiger partial charge in [-0.15, -0.1) is 0 Å². The van der Waals surface area contributed by atoms with Gasteiger partial charge in [0.2, 0.25) is 0 Å². The summed E-state index contributed by atoms with van der Waals surface area (Å²) >= 11 is 11.7. The second kappa shape index (κ2) is 8.75. The monoisotopic (exact) mass is 386 g/mol. The molecule has 26 heavy (non-hydrogen) atoms. The number of benzene rings is 3. The van der Waals surface area contributed by atoms with Gasteiger partial charge in [0.05, 0.1) is 5.56 Å². The quantitative estimate of drug-likeness (QED) is 0.492. The number of esters is 1. The van der Waals surface area contributed by atoms with E-state index in [2.05, 4.69) is 0 Å². The third-order valence-electron chi connectivity index (χ3n) is 3.69. The van der Waals surface area contributed by atoms with Crippen LogP contribution in [0.1, 0.15) is 21.5 Å². The summed E-state index contributed by atoms with van der Waals surface area (Å²) in [7, 11) is 0. The number of hydrogen-bond donors (Lipinski definition) is 0. The summed E-state index contributed by atoms with van der Waals surface area (Å²) in [6, 6.07) is 21.5. The molecule has 3 nitrogen and oxygen atoms in total. The summed E-state index contributed by atoms with van der Waals surface area (Å²) in [4.78, 5) is 12.1. The maximum Gasteiger partial charge on any atom is 0.338 e. The number of hydrogen-bond acceptors (Lipinski definition) is 3. The fourth-order valence-corrected chi connectivity index (χ4v) is 2.50. The summed E-state index contributed by atoms with van der Waals surface area (Å²) in [5.41, 5.74) is 2.37. The molecule has 5 heteroatoms. The van der Waals surface area contributed by atoms with Gasteiger partial charge in [0.15, 0.2) is 0 Å². The minimum Gasteiger partial charge on any atom is -0.489 e. The van der Waals surface area contributed by atoms with Crippen molar-refractivity contribution in [3.63, 3.8) is 0 Å². The van der Waals surface area contributed by atoms with E-state index in [1.54, 1.807) is 36.4 Å². The normalized spacial score (nSPS) is 10.4. The molecular formula is C21H16Cl2O3. The highest BCUT2D eigenvalue weighted by molar-refractivity contribution is 6.30. The smallest absolute Gasteiger partial charge is 0.338 e. The van der Waals surface area contributed by atoms with E-state index in [1.807, 2.05) is 36.4 Å². The molecule has 0 unspecified atom stereocenters. The van der Waals surface area contributed by atoms with Crippen molar-refractivity contribution < 1.29 is 14.3 Å². The minimum absolute atomic E-state index is 0.199. The third kappa shape index (κ3) is 5.25. The molecule has 0 spiro atoms. The molecule has 3 aromatic carbocycles. The molecule has 0 N–H and O–H groups in total. The minimum atomic E-state index is -0.385. The maximum atomic E-state index is 12.1. The van der Waals surface area contributed by atoms with Gasteiger partial charge in [-0.05, 0) is 59.7 Å². The van der Waals surface area contributed by atoms with Gasteiger partial charge in [0.25, 0.3) is 0 Å². The van der Waals surface area contributed by atoms with Crippen LogP contribution in [0, 0.1) is 0 Å². The lowest BCUT2D eigenvalue weighted by Crippen LogP contribution is -2.05. The summed E-state index contributed by atoms with van der Waals surface area (Å²) in [6.07, 6.45) is 0. The second-order valence-corrected chi connectivity index (χ2v) is 6.51. The van der Waals surface area contributed by atoms with Crippen molar-refractivity contribution in [3.05, 3.63) is 99.5 Å². The summed E-state index contributed by atoms with van der Waals surface area (Å²) in [5.74, 6) is 0.290. The molecule has 3 rings (SSSR count). The van der Waals surface area contributed by atoms with E-state index in [-0.39, 0.29) is 12.6 Å². The molecule has 0 radical (unpaired) electrons. The van der Waals surface area contributed by atoms with Gasteiger partial charge < -0.3 is 9.47 Å². The Morgan fingerprint density at radius 2 is 1.19 bits per heavy atom. The standard InChI is InChI=1S/C21H16Cl2O3/c22-18-7-1-15(2-8-18)13-25-20-11-5-17(6-12-20)21(24)26-14-16-3-9-19(23)10-4-16/h1-12H,13-14H2. The molecule has 0 heterocycles. The zero-order valence-electron chi connectivity index (χ0n) is 13.8. The Kier molecular flexibility index (Phi) is 6.16. The highest BCUT2D eigenvalue weighted by atomic mass is 35.5. The van der Waals surface area contributed by atoms with E-state index in [4.69, 9.17) is 32.7 Å². The average Bonchev–Trinajstić information content (AvgIpc) is 2.67. The van der Waals surface area contributed by atoms with Gasteiger partial charge in [0, 0.05) is 10.0 Å². The molecule has 0 amide bonds. The Morgan fingerprint density at radius 1 is 0.692 bits per heavy atom. The Labute approximate surface area is 162 Å². The summed E-state index contributed by atoms with van der Waals surface area (Å²) < 4.78 is 11.0. The summed E-state index contributed by atoms with van der Waals surface area (Å²) in [6.45, 7) is 0.627. The Morgan fingerprint density at radius 3 is 1.73 bits per heavy atom. The first kappa shape index (κ1) is 18.3. The van der Waals surface area contributed by atoms with Crippen LogP contribution in [0.5, 0.6) is 5.75 Å². The Balaban J connectivity index is 1.52. The molecule has 0 aliphatic rings. The van der Waals surface area contributed by atoms with E-state index >= 15 is 0 Å². The lowest BCUT2D eigenvalue weighted by Gasteiger charge is -2.08. The molecule has 0 atom stereocenters. The average molecular weight is 387 g/mol. The first-order valence-electron chi connectivity index (χ1n) is 7.99. The summed E-state index contributed by atoms with van der Waals surface area (Å²) in [5, 5.41) is 1.34. The van der Waals surface area contributed by atoms with E-state index in [9.17, 15) is 4.79 Å². The maximum absolute atomic E-state index is 12.1. The number of ether oxygens (including phenoxy) is 2. The molecule has 0 aromatic heterocycles. The molecule has 0 aliphatic carbocycles. The van der Waals surface area contributed by atoms with Crippen LogP contribution in [0.15, 0.2) is 72.8 Å². The van der Waals surface area contributed by atoms with Crippen LogP contribution in [-0.4, -0.2) is 5.97 Å². The predicted octanol–water partition coefficient (Wildman–Crippen LogP) is 5.93. The van der Waals surface area contributed by atoms with Crippen molar-refractivity contribution in [1.82, 2.24) is 0 Å². The van der Waals surface area contributed by atoms with Crippen LogP contribution in [0.4, 0.5) is 0 Å². The van der Waals surface area contributed by atoms with Gasteiger partial charge in [-0.1, -0.05) is 47.5 Å². The number of carbonyl (C=O) groups excluding carboxylic acids is 1. The molecule has 0 saturated carbocycles. The first-order chi connectivity index (χ1) is 12.6. The van der Waals surface area contributed by atoms with E-state index in [1.165, 1.54) is 0 Å². The molecule has 0 bridgehead atoms. The van der Waals surface area contributed by atoms with Crippen LogP contribution in [0.25, 0.3) is 0 Å². The fraction of sp³-hybridized carbons (Fsp3) is 0.0952. The highest BCUT2D eigenvalue weighted by Crippen LogP contribution is 2.17. The number of carbonyl (C=O) groups is 1.